The number of aryl methyl sites for hydroxylation is 1. The summed E-state index contributed by atoms with van der Waals surface area (Å²) >= 11 is 1.34. The molecule has 0 radical (unpaired) electrons. The van der Waals surface area contributed by atoms with Crippen molar-refractivity contribution >= 4 is 23.4 Å². The first kappa shape index (κ1) is 18.7. The van der Waals surface area contributed by atoms with Crippen molar-refractivity contribution in [3.8, 4) is 11.8 Å². The zero-order chi connectivity index (χ0) is 19.1. The number of nitriles is 1. The van der Waals surface area contributed by atoms with Crippen molar-refractivity contribution in [2.45, 2.75) is 24.9 Å². The van der Waals surface area contributed by atoms with Crippen molar-refractivity contribution in [3.63, 3.8) is 0 Å². The number of nitrogens with one attached hydrogen (secondary N) is 1. The summed E-state index contributed by atoms with van der Waals surface area (Å²) in [5, 5.41) is 20.4. The Bertz CT molecular complexity index is 959. The molecule has 1 heterocycles. The number of rotatable bonds is 7. The molecule has 27 heavy (non-hydrogen) atoms. The van der Waals surface area contributed by atoms with Crippen LogP contribution in [0.25, 0.3) is 5.69 Å². The molecule has 3 aromatic rings. The normalized spacial score (nSPS) is 10.4. The number of carbonyl (C=O) groups is 1. The van der Waals surface area contributed by atoms with Crippen molar-refractivity contribution in [3.05, 3.63) is 66.0 Å². The first-order valence-corrected chi connectivity index (χ1v) is 9.56. The number of nitrogens with zero attached hydrogens (tertiary/aromatic N) is 4. The van der Waals surface area contributed by atoms with E-state index in [1.54, 1.807) is 18.5 Å². The number of hydrogen-bond acceptors (Lipinski definition) is 5. The van der Waals surface area contributed by atoms with Crippen LogP contribution in [-0.2, 0) is 17.6 Å². The van der Waals surface area contributed by atoms with Crippen LogP contribution in [0.3, 0.4) is 0 Å². The fourth-order valence-corrected chi connectivity index (χ4v) is 3.38. The van der Waals surface area contributed by atoms with Crippen molar-refractivity contribution in [1.29, 1.82) is 5.26 Å². The standard InChI is InChI=1S/C20H19N5OS/c1-2-16-5-3-4-6-18(16)25-14-22-24-20(25)27-13-19(26)23-17-9-7-15(8-10-17)11-12-21/h3-10,14H,2,11,13H2,1H3,(H,23,26). The van der Waals surface area contributed by atoms with Gasteiger partial charge in [-0.2, -0.15) is 5.26 Å². The minimum atomic E-state index is -0.119. The van der Waals surface area contributed by atoms with Crippen LogP contribution < -0.4 is 5.32 Å². The number of benzene rings is 2. The van der Waals surface area contributed by atoms with Gasteiger partial charge in [0.2, 0.25) is 5.91 Å². The van der Waals surface area contributed by atoms with E-state index in [2.05, 4.69) is 34.6 Å². The summed E-state index contributed by atoms with van der Waals surface area (Å²) in [4.78, 5) is 12.2. The molecule has 0 aliphatic heterocycles. The maximum Gasteiger partial charge on any atom is 0.234 e. The Hall–Kier alpha value is -3.11. The van der Waals surface area contributed by atoms with E-state index >= 15 is 0 Å². The van der Waals surface area contributed by atoms with Crippen molar-refractivity contribution < 1.29 is 4.79 Å². The third kappa shape index (κ3) is 4.74. The van der Waals surface area contributed by atoms with Gasteiger partial charge in [-0.3, -0.25) is 9.36 Å². The van der Waals surface area contributed by atoms with E-state index in [4.69, 9.17) is 5.26 Å². The summed E-state index contributed by atoms with van der Waals surface area (Å²) in [6.45, 7) is 2.10. The van der Waals surface area contributed by atoms with Gasteiger partial charge >= 0.3 is 0 Å². The fourth-order valence-electron chi connectivity index (χ4n) is 2.66. The summed E-state index contributed by atoms with van der Waals surface area (Å²) < 4.78 is 1.91. The first-order chi connectivity index (χ1) is 13.2. The molecular weight excluding hydrogens is 358 g/mol. The Morgan fingerprint density at radius 1 is 1.22 bits per heavy atom. The molecule has 1 aromatic heterocycles. The van der Waals surface area contributed by atoms with Crippen molar-refractivity contribution in [2.75, 3.05) is 11.1 Å². The van der Waals surface area contributed by atoms with Crippen LogP contribution >= 0.6 is 11.8 Å². The van der Waals surface area contributed by atoms with Crippen LogP contribution in [0.2, 0.25) is 0 Å². The highest BCUT2D eigenvalue weighted by Crippen LogP contribution is 2.22. The van der Waals surface area contributed by atoms with Gasteiger partial charge in [-0.25, -0.2) is 0 Å². The number of thioether (sulfide) groups is 1. The Morgan fingerprint density at radius 2 is 2.00 bits per heavy atom. The summed E-state index contributed by atoms with van der Waals surface area (Å²) in [6.07, 6.45) is 2.93. The highest BCUT2D eigenvalue weighted by molar-refractivity contribution is 7.99. The number of aromatic nitrogens is 3. The lowest BCUT2D eigenvalue weighted by Crippen LogP contribution is -2.14. The Labute approximate surface area is 162 Å². The Balaban J connectivity index is 1.63. The molecule has 0 bridgehead atoms. The number of hydrogen-bond donors (Lipinski definition) is 1. The van der Waals surface area contributed by atoms with E-state index < -0.39 is 0 Å². The second kappa shape index (κ2) is 9.01. The predicted molar refractivity (Wildman–Crippen MR) is 106 cm³/mol. The minimum Gasteiger partial charge on any atom is -0.325 e. The van der Waals surface area contributed by atoms with Gasteiger partial charge in [-0.1, -0.05) is 49.0 Å². The van der Waals surface area contributed by atoms with Gasteiger partial charge in [0, 0.05) is 5.69 Å². The summed E-state index contributed by atoms with van der Waals surface area (Å²) in [5.41, 5.74) is 3.86. The second-order valence-electron chi connectivity index (χ2n) is 5.83. The van der Waals surface area contributed by atoms with E-state index in [0.717, 1.165) is 17.7 Å². The number of anilines is 1. The SMILES string of the molecule is CCc1ccccc1-n1cnnc1SCC(=O)Nc1ccc(CC#N)cc1. The molecule has 0 aliphatic rings. The maximum atomic E-state index is 12.2. The van der Waals surface area contributed by atoms with E-state index in [1.807, 2.05) is 34.9 Å². The second-order valence-corrected chi connectivity index (χ2v) is 6.78. The Morgan fingerprint density at radius 3 is 2.74 bits per heavy atom. The molecule has 0 saturated carbocycles. The van der Waals surface area contributed by atoms with Crippen LogP contribution in [0.15, 0.2) is 60.0 Å². The minimum absolute atomic E-state index is 0.119. The average Bonchev–Trinajstić information content (AvgIpc) is 3.16. The molecular formula is C20H19N5OS. The molecule has 136 valence electrons. The van der Waals surface area contributed by atoms with E-state index in [1.165, 1.54) is 17.3 Å². The third-order valence-corrected chi connectivity index (χ3v) is 4.94. The monoisotopic (exact) mass is 377 g/mol. The van der Waals surface area contributed by atoms with Gasteiger partial charge in [0.15, 0.2) is 5.16 Å². The summed E-state index contributed by atoms with van der Waals surface area (Å²) in [7, 11) is 0. The smallest absolute Gasteiger partial charge is 0.234 e. The maximum absolute atomic E-state index is 12.2. The summed E-state index contributed by atoms with van der Waals surface area (Å²) in [6, 6.07) is 17.5. The van der Waals surface area contributed by atoms with Crippen LogP contribution in [-0.4, -0.2) is 26.4 Å². The van der Waals surface area contributed by atoms with Gasteiger partial charge in [0.1, 0.15) is 6.33 Å². The molecule has 7 heteroatoms. The quantitative estimate of drug-likeness (QED) is 0.636. The zero-order valence-electron chi connectivity index (χ0n) is 14.9. The highest BCUT2D eigenvalue weighted by atomic mass is 32.2. The van der Waals surface area contributed by atoms with E-state index in [9.17, 15) is 4.79 Å². The molecule has 3 rings (SSSR count). The van der Waals surface area contributed by atoms with E-state index in [-0.39, 0.29) is 11.7 Å². The van der Waals surface area contributed by atoms with Crippen LogP contribution in [0.5, 0.6) is 0 Å². The molecule has 0 atom stereocenters. The fraction of sp³-hybridized carbons (Fsp3) is 0.200. The van der Waals surface area contributed by atoms with Crippen LogP contribution in [0, 0.1) is 11.3 Å². The molecule has 1 N–H and O–H groups in total. The first-order valence-electron chi connectivity index (χ1n) is 8.58. The van der Waals surface area contributed by atoms with Gasteiger partial charge in [0.25, 0.3) is 0 Å². The highest BCUT2D eigenvalue weighted by Gasteiger charge is 2.12. The topological polar surface area (TPSA) is 83.6 Å². The predicted octanol–water partition coefficient (Wildman–Crippen LogP) is 3.63. The van der Waals surface area contributed by atoms with Crippen molar-refractivity contribution in [1.82, 2.24) is 14.8 Å². The largest absolute Gasteiger partial charge is 0.325 e. The Kier molecular flexibility index (Phi) is 6.23. The lowest BCUT2D eigenvalue weighted by molar-refractivity contribution is -0.113. The molecule has 0 fully saturated rings. The molecule has 1 amide bonds. The zero-order valence-corrected chi connectivity index (χ0v) is 15.7. The summed E-state index contributed by atoms with van der Waals surface area (Å²) in [5.74, 6) is 0.110. The number of amides is 1. The van der Waals surface area contributed by atoms with Gasteiger partial charge in [-0.15, -0.1) is 10.2 Å². The molecule has 0 saturated heterocycles. The van der Waals surface area contributed by atoms with Gasteiger partial charge in [-0.05, 0) is 35.7 Å². The van der Waals surface area contributed by atoms with E-state index in [0.29, 0.717) is 17.3 Å². The third-order valence-electron chi connectivity index (χ3n) is 4.00. The van der Waals surface area contributed by atoms with Crippen molar-refractivity contribution in [2.24, 2.45) is 0 Å². The van der Waals surface area contributed by atoms with Gasteiger partial charge < -0.3 is 5.32 Å². The average molecular weight is 377 g/mol. The lowest BCUT2D eigenvalue weighted by atomic mass is 10.1. The van der Waals surface area contributed by atoms with Crippen LogP contribution in [0.1, 0.15) is 18.1 Å². The number of para-hydroxylation sites is 1. The molecule has 6 nitrogen and oxygen atoms in total. The molecule has 0 spiro atoms. The number of carbonyl (C=O) groups excluding carboxylic acids is 1. The molecule has 0 unspecified atom stereocenters. The molecule has 2 aromatic carbocycles. The van der Waals surface area contributed by atoms with Crippen LogP contribution in [0.4, 0.5) is 5.69 Å². The lowest BCUT2D eigenvalue weighted by Gasteiger charge is -2.10. The molecule has 0 aliphatic carbocycles. The van der Waals surface area contributed by atoms with Gasteiger partial charge in [0.05, 0.1) is 23.9 Å².